The van der Waals surface area contributed by atoms with Crippen molar-refractivity contribution in [3.05, 3.63) is 107 Å². The molecule has 2 amide bonds. The van der Waals surface area contributed by atoms with Gasteiger partial charge in [-0.15, -0.1) is 0 Å². The van der Waals surface area contributed by atoms with Crippen molar-refractivity contribution in [2.75, 3.05) is 19.6 Å². The first-order valence-corrected chi connectivity index (χ1v) is 11.5. The summed E-state index contributed by atoms with van der Waals surface area (Å²) >= 11 is 5.91. The molecule has 0 heterocycles. The smallest absolute Gasteiger partial charge is 0.237 e. The van der Waals surface area contributed by atoms with Gasteiger partial charge in [-0.3, -0.25) is 14.5 Å². The standard InChI is InChI=1S/C27H30ClN3O2/c1-2-30(20-26(32)29-17-22-13-15-25(28)16-14-22)21-27(33)31(18-23-9-5-3-6-10-23)19-24-11-7-4-8-12-24/h3-16H,2,17-21H2,1H3,(H,29,32). The van der Waals surface area contributed by atoms with Crippen LogP contribution in [-0.4, -0.2) is 41.2 Å². The summed E-state index contributed by atoms with van der Waals surface area (Å²) in [5.41, 5.74) is 3.12. The summed E-state index contributed by atoms with van der Waals surface area (Å²) in [6.45, 7) is 4.38. The van der Waals surface area contributed by atoms with Crippen molar-refractivity contribution in [3.63, 3.8) is 0 Å². The van der Waals surface area contributed by atoms with Crippen LogP contribution < -0.4 is 5.32 Å². The van der Waals surface area contributed by atoms with Crippen molar-refractivity contribution in [3.8, 4) is 0 Å². The van der Waals surface area contributed by atoms with Crippen LogP contribution in [0.3, 0.4) is 0 Å². The molecule has 0 unspecified atom stereocenters. The minimum absolute atomic E-state index is 0.00458. The van der Waals surface area contributed by atoms with Gasteiger partial charge in [0, 0.05) is 24.7 Å². The van der Waals surface area contributed by atoms with Crippen molar-refractivity contribution in [1.82, 2.24) is 15.1 Å². The summed E-state index contributed by atoms with van der Waals surface area (Å²) in [5, 5.41) is 3.58. The average Bonchev–Trinajstić information content (AvgIpc) is 2.84. The Kier molecular flexibility index (Phi) is 9.48. The zero-order valence-corrected chi connectivity index (χ0v) is 19.7. The molecule has 0 radical (unpaired) electrons. The van der Waals surface area contributed by atoms with Crippen molar-refractivity contribution < 1.29 is 9.59 Å². The molecule has 0 spiro atoms. The minimum atomic E-state index is -0.114. The maximum absolute atomic E-state index is 13.3. The summed E-state index contributed by atoms with van der Waals surface area (Å²) in [6.07, 6.45) is 0. The Morgan fingerprint density at radius 2 is 1.30 bits per heavy atom. The molecule has 3 rings (SSSR count). The SMILES string of the molecule is CCN(CC(=O)NCc1ccc(Cl)cc1)CC(=O)N(Cc1ccccc1)Cc1ccccc1. The molecule has 5 nitrogen and oxygen atoms in total. The number of nitrogens with zero attached hydrogens (tertiary/aromatic N) is 2. The number of nitrogens with one attached hydrogen (secondary N) is 1. The first-order chi connectivity index (χ1) is 16.0. The lowest BCUT2D eigenvalue weighted by Gasteiger charge is -2.27. The number of carbonyl (C=O) groups is 2. The molecule has 3 aromatic rings. The number of likely N-dealkylation sites (N-methyl/N-ethyl adjacent to an activating group) is 1. The molecule has 0 fully saturated rings. The van der Waals surface area contributed by atoms with Crippen LogP contribution in [0.25, 0.3) is 0 Å². The molecule has 0 aliphatic rings. The number of hydrogen-bond donors (Lipinski definition) is 1. The van der Waals surface area contributed by atoms with E-state index in [0.717, 1.165) is 16.7 Å². The van der Waals surface area contributed by atoms with E-state index in [1.165, 1.54) is 0 Å². The van der Waals surface area contributed by atoms with E-state index >= 15 is 0 Å². The van der Waals surface area contributed by atoms with Crippen LogP contribution in [0.2, 0.25) is 5.02 Å². The summed E-state index contributed by atoms with van der Waals surface area (Å²) in [7, 11) is 0. The quantitative estimate of drug-likeness (QED) is 0.455. The third kappa shape index (κ3) is 8.37. The molecule has 0 aliphatic heterocycles. The Morgan fingerprint density at radius 3 is 1.82 bits per heavy atom. The number of rotatable bonds is 11. The van der Waals surface area contributed by atoms with E-state index in [2.05, 4.69) is 5.32 Å². The van der Waals surface area contributed by atoms with Gasteiger partial charge in [0.2, 0.25) is 11.8 Å². The van der Waals surface area contributed by atoms with E-state index in [4.69, 9.17) is 11.6 Å². The van der Waals surface area contributed by atoms with Gasteiger partial charge < -0.3 is 10.2 Å². The fourth-order valence-corrected chi connectivity index (χ4v) is 3.60. The second-order valence-corrected chi connectivity index (χ2v) is 8.36. The van der Waals surface area contributed by atoms with E-state index in [-0.39, 0.29) is 24.9 Å². The van der Waals surface area contributed by atoms with Crippen molar-refractivity contribution in [2.45, 2.75) is 26.6 Å². The van der Waals surface area contributed by atoms with E-state index in [1.807, 2.05) is 89.5 Å². The molecule has 6 heteroatoms. The van der Waals surface area contributed by atoms with Crippen LogP contribution in [0.4, 0.5) is 0 Å². The van der Waals surface area contributed by atoms with Gasteiger partial charge in [-0.2, -0.15) is 0 Å². The number of carbonyl (C=O) groups excluding carboxylic acids is 2. The predicted octanol–water partition coefficient (Wildman–Crippen LogP) is 4.51. The van der Waals surface area contributed by atoms with E-state index in [0.29, 0.717) is 31.2 Å². The normalized spacial score (nSPS) is 10.8. The molecule has 0 aliphatic carbocycles. The zero-order chi connectivity index (χ0) is 23.5. The topological polar surface area (TPSA) is 52.7 Å². The highest BCUT2D eigenvalue weighted by molar-refractivity contribution is 6.30. The van der Waals surface area contributed by atoms with Gasteiger partial charge in [-0.25, -0.2) is 0 Å². The Hall–Kier alpha value is -3.15. The molecule has 0 aromatic heterocycles. The van der Waals surface area contributed by atoms with E-state index < -0.39 is 0 Å². The molecule has 3 aromatic carbocycles. The first-order valence-electron chi connectivity index (χ1n) is 11.1. The first kappa shape index (κ1) is 24.5. The van der Waals surface area contributed by atoms with Crippen LogP contribution in [-0.2, 0) is 29.2 Å². The Morgan fingerprint density at radius 1 is 0.758 bits per heavy atom. The van der Waals surface area contributed by atoms with Crippen LogP contribution in [0.15, 0.2) is 84.9 Å². The Labute approximate surface area is 201 Å². The second kappa shape index (κ2) is 12.8. The lowest BCUT2D eigenvalue weighted by atomic mass is 10.1. The lowest BCUT2D eigenvalue weighted by molar-refractivity contribution is -0.134. The van der Waals surface area contributed by atoms with E-state index in [9.17, 15) is 9.59 Å². The molecular formula is C27H30ClN3O2. The van der Waals surface area contributed by atoms with Gasteiger partial charge in [0.05, 0.1) is 13.1 Å². The third-order valence-electron chi connectivity index (χ3n) is 5.36. The van der Waals surface area contributed by atoms with Gasteiger partial charge in [0.25, 0.3) is 0 Å². The molecular weight excluding hydrogens is 434 g/mol. The number of hydrogen-bond acceptors (Lipinski definition) is 3. The summed E-state index contributed by atoms with van der Waals surface area (Å²) < 4.78 is 0. The number of halogens is 1. The van der Waals surface area contributed by atoms with Crippen molar-refractivity contribution >= 4 is 23.4 Å². The molecule has 1 N–H and O–H groups in total. The van der Waals surface area contributed by atoms with Gasteiger partial charge in [-0.1, -0.05) is 91.3 Å². The van der Waals surface area contributed by atoms with Crippen LogP contribution >= 0.6 is 11.6 Å². The highest BCUT2D eigenvalue weighted by atomic mass is 35.5. The molecule has 0 atom stereocenters. The fourth-order valence-electron chi connectivity index (χ4n) is 3.47. The van der Waals surface area contributed by atoms with Crippen LogP contribution in [0.1, 0.15) is 23.6 Å². The fraction of sp³-hybridized carbons (Fsp3) is 0.259. The maximum Gasteiger partial charge on any atom is 0.237 e. The summed E-state index contributed by atoms with van der Waals surface area (Å²) in [6, 6.07) is 27.3. The average molecular weight is 464 g/mol. The largest absolute Gasteiger partial charge is 0.351 e. The Balaban J connectivity index is 1.59. The van der Waals surface area contributed by atoms with Crippen LogP contribution in [0, 0.1) is 0 Å². The van der Waals surface area contributed by atoms with Gasteiger partial charge in [0.15, 0.2) is 0 Å². The van der Waals surface area contributed by atoms with Gasteiger partial charge in [-0.05, 0) is 35.4 Å². The zero-order valence-electron chi connectivity index (χ0n) is 18.9. The maximum atomic E-state index is 13.3. The summed E-state index contributed by atoms with van der Waals surface area (Å²) in [4.78, 5) is 29.4. The molecule has 0 bridgehead atoms. The minimum Gasteiger partial charge on any atom is -0.351 e. The second-order valence-electron chi connectivity index (χ2n) is 7.93. The predicted molar refractivity (Wildman–Crippen MR) is 133 cm³/mol. The van der Waals surface area contributed by atoms with Gasteiger partial charge >= 0.3 is 0 Å². The van der Waals surface area contributed by atoms with Crippen molar-refractivity contribution in [1.29, 1.82) is 0 Å². The number of benzene rings is 3. The molecule has 0 saturated carbocycles. The third-order valence-corrected chi connectivity index (χ3v) is 5.61. The van der Waals surface area contributed by atoms with E-state index in [1.54, 1.807) is 12.1 Å². The van der Waals surface area contributed by atoms with Gasteiger partial charge in [0.1, 0.15) is 0 Å². The highest BCUT2D eigenvalue weighted by Crippen LogP contribution is 2.12. The van der Waals surface area contributed by atoms with Crippen LogP contribution in [0.5, 0.6) is 0 Å². The molecule has 0 saturated heterocycles. The Bertz CT molecular complexity index is 969. The van der Waals surface area contributed by atoms with Crippen molar-refractivity contribution in [2.24, 2.45) is 0 Å². The monoisotopic (exact) mass is 463 g/mol. The number of amides is 2. The molecule has 33 heavy (non-hydrogen) atoms. The summed E-state index contributed by atoms with van der Waals surface area (Å²) in [5.74, 6) is -0.118. The highest BCUT2D eigenvalue weighted by Gasteiger charge is 2.19. The lowest BCUT2D eigenvalue weighted by Crippen LogP contribution is -2.43. The molecule has 172 valence electrons.